The molecule has 1 atom stereocenters. The van der Waals surface area contributed by atoms with Crippen LogP contribution in [0.25, 0.3) is 0 Å². The van der Waals surface area contributed by atoms with Gasteiger partial charge < -0.3 is 15.6 Å². The minimum atomic E-state index is 0.246. The molecule has 0 bridgehead atoms. The SMILES string of the molecule is CNc1ccc(C(C)n2ccnc2)cc1N. The van der Waals surface area contributed by atoms with Crippen molar-refractivity contribution in [3.8, 4) is 0 Å². The highest BCUT2D eigenvalue weighted by Gasteiger charge is 2.08. The first-order chi connectivity index (χ1) is 7.72. The number of nitrogens with zero attached hydrogens (tertiary/aromatic N) is 2. The van der Waals surface area contributed by atoms with Crippen LogP contribution in [0.15, 0.2) is 36.9 Å². The van der Waals surface area contributed by atoms with E-state index in [0.717, 1.165) is 11.4 Å². The lowest BCUT2D eigenvalue weighted by Crippen LogP contribution is -2.05. The summed E-state index contributed by atoms with van der Waals surface area (Å²) in [5, 5.41) is 3.05. The van der Waals surface area contributed by atoms with E-state index in [1.807, 2.05) is 36.3 Å². The number of benzene rings is 1. The van der Waals surface area contributed by atoms with E-state index < -0.39 is 0 Å². The van der Waals surface area contributed by atoms with Crippen LogP contribution in [0.4, 0.5) is 11.4 Å². The molecule has 4 heteroatoms. The summed E-state index contributed by atoms with van der Waals surface area (Å²) in [5.41, 5.74) is 8.84. The van der Waals surface area contributed by atoms with Crippen molar-refractivity contribution in [3.05, 3.63) is 42.5 Å². The van der Waals surface area contributed by atoms with Gasteiger partial charge in [-0.05, 0) is 24.6 Å². The van der Waals surface area contributed by atoms with E-state index in [4.69, 9.17) is 5.73 Å². The number of hydrogen-bond acceptors (Lipinski definition) is 3. The third kappa shape index (κ3) is 1.86. The Bertz CT molecular complexity index is 462. The van der Waals surface area contributed by atoms with Gasteiger partial charge in [-0.3, -0.25) is 0 Å². The lowest BCUT2D eigenvalue weighted by Gasteiger charge is -2.15. The molecule has 0 aliphatic carbocycles. The normalized spacial score (nSPS) is 12.4. The van der Waals surface area contributed by atoms with E-state index in [2.05, 4.69) is 23.3 Å². The van der Waals surface area contributed by atoms with E-state index in [9.17, 15) is 0 Å². The van der Waals surface area contributed by atoms with Gasteiger partial charge in [0.2, 0.25) is 0 Å². The zero-order valence-corrected chi connectivity index (χ0v) is 9.51. The molecule has 2 aromatic rings. The summed E-state index contributed by atoms with van der Waals surface area (Å²) in [6, 6.07) is 6.32. The van der Waals surface area contributed by atoms with Gasteiger partial charge in [0.05, 0.1) is 23.7 Å². The average molecular weight is 216 g/mol. The molecule has 0 fully saturated rings. The van der Waals surface area contributed by atoms with Gasteiger partial charge in [0.25, 0.3) is 0 Å². The lowest BCUT2D eigenvalue weighted by atomic mass is 10.1. The summed E-state index contributed by atoms with van der Waals surface area (Å²) < 4.78 is 2.05. The third-order valence-electron chi connectivity index (χ3n) is 2.80. The molecular formula is C12H16N4. The Morgan fingerprint density at radius 2 is 2.25 bits per heavy atom. The largest absolute Gasteiger partial charge is 0.397 e. The highest BCUT2D eigenvalue weighted by atomic mass is 15.0. The van der Waals surface area contributed by atoms with Gasteiger partial charge >= 0.3 is 0 Å². The predicted octanol–water partition coefficient (Wildman–Crippen LogP) is 2.12. The van der Waals surface area contributed by atoms with Crippen molar-refractivity contribution < 1.29 is 0 Å². The maximum absolute atomic E-state index is 5.94. The Kier molecular flexibility index (Phi) is 2.81. The second kappa shape index (κ2) is 4.26. The molecule has 4 nitrogen and oxygen atoms in total. The molecule has 0 aliphatic rings. The number of aromatic nitrogens is 2. The van der Waals surface area contributed by atoms with Crippen LogP contribution in [0.5, 0.6) is 0 Å². The van der Waals surface area contributed by atoms with Gasteiger partial charge in [0, 0.05) is 19.4 Å². The highest BCUT2D eigenvalue weighted by molar-refractivity contribution is 5.66. The molecule has 3 N–H and O–H groups in total. The quantitative estimate of drug-likeness (QED) is 0.773. The summed E-state index contributed by atoms with van der Waals surface area (Å²) >= 11 is 0. The second-order valence-electron chi connectivity index (χ2n) is 3.78. The van der Waals surface area contributed by atoms with Gasteiger partial charge in [-0.2, -0.15) is 0 Å². The summed E-state index contributed by atoms with van der Waals surface area (Å²) in [6.07, 6.45) is 5.54. The molecule has 0 spiro atoms. The number of nitrogen functional groups attached to an aromatic ring is 1. The van der Waals surface area contributed by atoms with E-state index >= 15 is 0 Å². The average Bonchev–Trinajstić information content (AvgIpc) is 2.81. The van der Waals surface area contributed by atoms with Crippen molar-refractivity contribution in [1.82, 2.24) is 9.55 Å². The van der Waals surface area contributed by atoms with Crippen LogP contribution in [-0.4, -0.2) is 16.6 Å². The van der Waals surface area contributed by atoms with Gasteiger partial charge in [0.1, 0.15) is 0 Å². The fourth-order valence-electron chi connectivity index (χ4n) is 1.74. The van der Waals surface area contributed by atoms with Crippen molar-refractivity contribution >= 4 is 11.4 Å². The molecule has 1 aromatic carbocycles. The van der Waals surface area contributed by atoms with Crippen LogP contribution < -0.4 is 11.1 Å². The first-order valence-electron chi connectivity index (χ1n) is 5.27. The molecular weight excluding hydrogens is 200 g/mol. The minimum Gasteiger partial charge on any atom is -0.397 e. The summed E-state index contributed by atoms with van der Waals surface area (Å²) in [5.74, 6) is 0. The van der Waals surface area contributed by atoms with E-state index in [1.165, 1.54) is 5.56 Å². The summed E-state index contributed by atoms with van der Waals surface area (Å²) in [6.45, 7) is 2.12. The monoisotopic (exact) mass is 216 g/mol. The molecule has 2 rings (SSSR count). The molecule has 16 heavy (non-hydrogen) atoms. The highest BCUT2D eigenvalue weighted by Crippen LogP contribution is 2.24. The van der Waals surface area contributed by atoms with Crippen molar-refractivity contribution in [3.63, 3.8) is 0 Å². The minimum absolute atomic E-state index is 0.246. The van der Waals surface area contributed by atoms with Crippen molar-refractivity contribution in [2.24, 2.45) is 0 Å². The van der Waals surface area contributed by atoms with Gasteiger partial charge in [-0.15, -0.1) is 0 Å². The molecule has 0 amide bonds. The van der Waals surface area contributed by atoms with Crippen molar-refractivity contribution in [1.29, 1.82) is 0 Å². The van der Waals surface area contributed by atoms with Gasteiger partial charge in [-0.25, -0.2) is 4.98 Å². The number of nitrogens with one attached hydrogen (secondary N) is 1. The number of rotatable bonds is 3. The van der Waals surface area contributed by atoms with Crippen LogP contribution in [0.3, 0.4) is 0 Å². The molecule has 1 aromatic heterocycles. The molecule has 0 saturated heterocycles. The molecule has 0 aliphatic heterocycles. The topological polar surface area (TPSA) is 55.9 Å². The number of imidazole rings is 1. The Hall–Kier alpha value is -1.97. The zero-order valence-electron chi connectivity index (χ0n) is 9.51. The Morgan fingerprint density at radius 1 is 1.44 bits per heavy atom. The van der Waals surface area contributed by atoms with E-state index in [-0.39, 0.29) is 6.04 Å². The fraction of sp³-hybridized carbons (Fsp3) is 0.250. The molecule has 1 unspecified atom stereocenters. The van der Waals surface area contributed by atoms with E-state index in [1.54, 1.807) is 6.20 Å². The first kappa shape index (κ1) is 10.5. The summed E-state index contributed by atoms with van der Waals surface area (Å²) in [7, 11) is 1.87. The Morgan fingerprint density at radius 3 is 2.81 bits per heavy atom. The van der Waals surface area contributed by atoms with Crippen molar-refractivity contribution in [2.45, 2.75) is 13.0 Å². The molecule has 0 radical (unpaired) electrons. The van der Waals surface area contributed by atoms with Gasteiger partial charge in [-0.1, -0.05) is 6.07 Å². The Balaban J connectivity index is 2.31. The molecule has 0 saturated carbocycles. The van der Waals surface area contributed by atoms with Crippen LogP contribution in [0, 0.1) is 0 Å². The second-order valence-corrected chi connectivity index (χ2v) is 3.78. The smallest absolute Gasteiger partial charge is 0.0951 e. The maximum atomic E-state index is 5.94. The lowest BCUT2D eigenvalue weighted by molar-refractivity contribution is 0.639. The third-order valence-corrected chi connectivity index (χ3v) is 2.80. The summed E-state index contributed by atoms with van der Waals surface area (Å²) in [4.78, 5) is 4.04. The fourth-order valence-corrected chi connectivity index (χ4v) is 1.74. The molecule has 84 valence electrons. The van der Waals surface area contributed by atoms with E-state index in [0.29, 0.717) is 0 Å². The van der Waals surface area contributed by atoms with Crippen LogP contribution in [0.2, 0.25) is 0 Å². The van der Waals surface area contributed by atoms with Crippen LogP contribution in [-0.2, 0) is 0 Å². The van der Waals surface area contributed by atoms with Crippen molar-refractivity contribution in [2.75, 3.05) is 18.1 Å². The zero-order chi connectivity index (χ0) is 11.5. The Labute approximate surface area is 95.1 Å². The number of anilines is 2. The predicted molar refractivity (Wildman–Crippen MR) is 66.4 cm³/mol. The van der Waals surface area contributed by atoms with Crippen LogP contribution in [0.1, 0.15) is 18.5 Å². The number of nitrogens with two attached hydrogens (primary N) is 1. The number of hydrogen-bond donors (Lipinski definition) is 2. The standard InChI is InChI=1S/C12H16N4/c1-9(16-6-5-15-8-16)10-3-4-12(14-2)11(13)7-10/h3-9,14H,13H2,1-2H3. The van der Waals surface area contributed by atoms with Gasteiger partial charge in [0.15, 0.2) is 0 Å². The van der Waals surface area contributed by atoms with Crippen LogP contribution >= 0.6 is 0 Å². The maximum Gasteiger partial charge on any atom is 0.0951 e. The first-order valence-corrected chi connectivity index (χ1v) is 5.27. The molecule has 1 heterocycles.